The highest BCUT2D eigenvalue weighted by atomic mass is 32.2. The largest absolute Gasteiger partial charge is 0.497 e. The molecule has 0 aliphatic heterocycles. The minimum absolute atomic E-state index is 0.0361. The minimum atomic E-state index is -3.69. The van der Waals surface area contributed by atoms with E-state index >= 15 is 0 Å². The summed E-state index contributed by atoms with van der Waals surface area (Å²) >= 11 is 0. The van der Waals surface area contributed by atoms with Crippen molar-refractivity contribution < 1.29 is 27.5 Å². The number of anilines is 1. The van der Waals surface area contributed by atoms with Crippen molar-refractivity contribution >= 4 is 49.3 Å². The molecule has 214 valence electrons. The van der Waals surface area contributed by atoms with E-state index in [-0.39, 0.29) is 10.5 Å². The molecule has 0 radical (unpaired) electrons. The number of nitrogens with one attached hydrogen (secondary N) is 1. The number of fused-ring (bicyclic) bond motifs is 2. The molecule has 42 heavy (non-hydrogen) atoms. The third-order valence-corrected chi connectivity index (χ3v) is 8.69. The average molecular weight is 584 g/mol. The lowest BCUT2D eigenvalue weighted by molar-refractivity contribution is -0.119. The van der Waals surface area contributed by atoms with Crippen molar-refractivity contribution in [2.45, 2.75) is 11.8 Å². The quantitative estimate of drug-likeness (QED) is 0.243. The summed E-state index contributed by atoms with van der Waals surface area (Å²) in [7, 11) is 0.788. The maximum Gasteiger partial charge on any atom is 0.339 e. The zero-order valence-electron chi connectivity index (χ0n) is 23.5. The van der Waals surface area contributed by atoms with E-state index in [0.717, 1.165) is 26.4 Å². The van der Waals surface area contributed by atoms with Gasteiger partial charge >= 0.3 is 5.97 Å². The Morgan fingerprint density at radius 2 is 1.64 bits per heavy atom. The molecule has 0 spiro atoms. The van der Waals surface area contributed by atoms with Crippen molar-refractivity contribution in [3.8, 4) is 17.0 Å². The normalized spacial score (nSPS) is 11.5. The molecule has 4 aromatic carbocycles. The van der Waals surface area contributed by atoms with Crippen LogP contribution >= 0.6 is 0 Å². The van der Waals surface area contributed by atoms with Crippen LogP contribution in [0.1, 0.15) is 15.9 Å². The number of hydrogen-bond donors (Lipinski definition) is 1. The van der Waals surface area contributed by atoms with Crippen LogP contribution in [-0.2, 0) is 19.6 Å². The van der Waals surface area contributed by atoms with E-state index in [9.17, 15) is 18.0 Å². The predicted octanol–water partition coefficient (Wildman–Crippen LogP) is 5.42. The second-order valence-corrected chi connectivity index (χ2v) is 12.0. The first kappa shape index (κ1) is 28.7. The first-order valence-corrected chi connectivity index (χ1v) is 14.5. The van der Waals surface area contributed by atoms with Crippen LogP contribution in [-0.4, -0.2) is 57.4 Å². The molecule has 1 aromatic heterocycles. The van der Waals surface area contributed by atoms with Crippen LogP contribution in [0.5, 0.6) is 5.75 Å². The van der Waals surface area contributed by atoms with E-state index in [1.165, 1.54) is 26.2 Å². The van der Waals surface area contributed by atoms with Gasteiger partial charge in [0.25, 0.3) is 5.91 Å². The lowest BCUT2D eigenvalue weighted by atomic mass is 10.0. The molecule has 5 aromatic rings. The van der Waals surface area contributed by atoms with Gasteiger partial charge in [0.15, 0.2) is 6.61 Å². The van der Waals surface area contributed by atoms with E-state index in [0.29, 0.717) is 27.8 Å². The number of ether oxygens (including phenoxy) is 2. The summed E-state index contributed by atoms with van der Waals surface area (Å²) in [6, 6.07) is 25.0. The standard InChI is InChI=1S/C32H29N3O6S/c1-20-9-14-25(42(38,39)35(2)3)17-29(20)34-31(36)19-41-32(37)27-18-30(33-28-8-6-5-7-26(27)28)23-11-10-22-16-24(40-4)13-12-21(22)15-23/h5-18H,19H2,1-4H3,(H,34,36). The molecule has 0 aliphatic carbocycles. The van der Waals surface area contributed by atoms with Gasteiger partial charge in [0, 0.05) is 30.7 Å². The van der Waals surface area contributed by atoms with Crippen molar-refractivity contribution in [2.75, 3.05) is 33.1 Å². The number of sulfonamides is 1. The highest BCUT2D eigenvalue weighted by Gasteiger charge is 2.20. The van der Waals surface area contributed by atoms with Gasteiger partial charge < -0.3 is 14.8 Å². The molecule has 9 nitrogen and oxygen atoms in total. The van der Waals surface area contributed by atoms with E-state index in [1.807, 2.05) is 48.5 Å². The summed E-state index contributed by atoms with van der Waals surface area (Å²) in [6.07, 6.45) is 0. The van der Waals surface area contributed by atoms with Gasteiger partial charge in [0.2, 0.25) is 10.0 Å². The van der Waals surface area contributed by atoms with E-state index in [1.54, 1.807) is 38.3 Å². The van der Waals surface area contributed by atoms with Crippen molar-refractivity contribution in [3.63, 3.8) is 0 Å². The molecule has 0 atom stereocenters. The fourth-order valence-corrected chi connectivity index (χ4v) is 5.43. The van der Waals surface area contributed by atoms with Gasteiger partial charge in [-0.2, -0.15) is 0 Å². The van der Waals surface area contributed by atoms with E-state index in [2.05, 4.69) is 5.32 Å². The lowest BCUT2D eigenvalue weighted by Crippen LogP contribution is -2.24. The Balaban J connectivity index is 1.38. The number of benzene rings is 4. The maximum atomic E-state index is 13.3. The Labute approximate surface area is 243 Å². The van der Waals surface area contributed by atoms with Gasteiger partial charge in [-0.05, 0) is 65.7 Å². The first-order chi connectivity index (χ1) is 20.1. The maximum absolute atomic E-state index is 13.3. The molecule has 0 bridgehead atoms. The Morgan fingerprint density at radius 1 is 0.905 bits per heavy atom. The summed E-state index contributed by atoms with van der Waals surface area (Å²) in [5.41, 5.74) is 3.24. The van der Waals surface area contributed by atoms with E-state index in [4.69, 9.17) is 14.5 Å². The molecule has 0 fully saturated rings. The molecule has 0 unspecified atom stereocenters. The highest BCUT2D eigenvalue weighted by Crippen LogP contribution is 2.29. The third-order valence-electron chi connectivity index (χ3n) is 6.88. The fourth-order valence-electron chi connectivity index (χ4n) is 4.50. The molecule has 0 saturated carbocycles. The number of methoxy groups -OCH3 is 1. The fraction of sp³-hybridized carbons (Fsp3) is 0.156. The Kier molecular flexibility index (Phi) is 7.93. The molecule has 1 N–H and O–H groups in total. The van der Waals surface area contributed by atoms with Crippen LogP contribution in [0.3, 0.4) is 0 Å². The second kappa shape index (κ2) is 11.6. The van der Waals surface area contributed by atoms with Crippen LogP contribution in [0, 0.1) is 6.92 Å². The monoisotopic (exact) mass is 583 g/mol. The van der Waals surface area contributed by atoms with Gasteiger partial charge in [0.1, 0.15) is 5.75 Å². The number of carbonyl (C=O) groups excluding carboxylic acids is 2. The van der Waals surface area contributed by atoms with Gasteiger partial charge in [-0.15, -0.1) is 0 Å². The van der Waals surface area contributed by atoms with Crippen molar-refractivity contribution in [1.82, 2.24) is 9.29 Å². The number of nitrogens with zero attached hydrogens (tertiary/aromatic N) is 2. The number of esters is 1. The first-order valence-electron chi connectivity index (χ1n) is 13.0. The van der Waals surface area contributed by atoms with Crippen LogP contribution in [0.4, 0.5) is 5.69 Å². The molecule has 10 heteroatoms. The van der Waals surface area contributed by atoms with Crippen LogP contribution in [0.25, 0.3) is 32.9 Å². The summed E-state index contributed by atoms with van der Waals surface area (Å²) in [4.78, 5) is 30.8. The number of pyridine rings is 1. The number of hydrogen-bond acceptors (Lipinski definition) is 7. The number of para-hydroxylation sites is 1. The zero-order valence-corrected chi connectivity index (χ0v) is 24.4. The third kappa shape index (κ3) is 5.81. The second-order valence-electron chi connectivity index (χ2n) is 9.89. The number of rotatable bonds is 8. The molecular weight excluding hydrogens is 554 g/mol. The zero-order chi connectivity index (χ0) is 30.0. The smallest absolute Gasteiger partial charge is 0.339 e. The number of amides is 1. The van der Waals surface area contributed by atoms with Crippen molar-refractivity contribution in [2.24, 2.45) is 0 Å². The summed E-state index contributed by atoms with van der Waals surface area (Å²) in [5.74, 6) is -0.528. The minimum Gasteiger partial charge on any atom is -0.497 e. The van der Waals surface area contributed by atoms with Crippen LogP contribution in [0.15, 0.2) is 89.8 Å². The average Bonchev–Trinajstić information content (AvgIpc) is 2.99. The topological polar surface area (TPSA) is 115 Å². The van der Waals surface area contributed by atoms with Crippen LogP contribution in [0.2, 0.25) is 0 Å². The number of aryl methyl sites for hydroxylation is 1. The molecule has 5 rings (SSSR count). The summed E-state index contributed by atoms with van der Waals surface area (Å²) in [6.45, 7) is 1.17. The van der Waals surface area contributed by atoms with Crippen LogP contribution < -0.4 is 10.1 Å². The molecule has 1 heterocycles. The molecule has 0 saturated heterocycles. The SMILES string of the molecule is COc1ccc2cc(-c3cc(C(=O)OCC(=O)Nc4cc(S(=O)(=O)N(C)C)ccc4C)c4ccccc4n3)ccc2c1. The van der Waals surface area contributed by atoms with Gasteiger partial charge in [-0.25, -0.2) is 22.5 Å². The van der Waals surface area contributed by atoms with Gasteiger partial charge in [0.05, 0.1) is 28.8 Å². The van der Waals surface area contributed by atoms with Crippen molar-refractivity contribution in [1.29, 1.82) is 0 Å². The number of carbonyl (C=O) groups is 2. The number of aromatic nitrogens is 1. The Hall–Kier alpha value is -4.80. The summed E-state index contributed by atoms with van der Waals surface area (Å²) in [5, 5.41) is 5.23. The Bertz CT molecular complexity index is 1950. The molecular formula is C32H29N3O6S. The summed E-state index contributed by atoms with van der Waals surface area (Å²) < 4.78 is 36.8. The van der Waals surface area contributed by atoms with Crippen molar-refractivity contribution in [3.05, 3.63) is 96.1 Å². The molecule has 1 amide bonds. The Morgan fingerprint density at radius 3 is 2.40 bits per heavy atom. The van der Waals surface area contributed by atoms with E-state index < -0.39 is 28.5 Å². The highest BCUT2D eigenvalue weighted by molar-refractivity contribution is 7.89. The van der Waals surface area contributed by atoms with Gasteiger partial charge in [-0.3, -0.25) is 4.79 Å². The molecule has 0 aliphatic rings. The van der Waals surface area contributed by atoms with Gasteiger partial charge in [-0.1, -0.05) is 42.5 Å². The predicted molar refractivity (Wildman–Crippen MR) is 162 cm³/mol. The lowest BCUT2D eigenvalue weighted by Gasteiger charge is -2.14.